The van der Waals surface area contributed by atoms with Crippen molar-refractivity contribution in [3.63, 3.8) is 0 Å². The molecule has 0 radical (unpaired) electrons. The molecule has 0 aromatic carbocycles. The minimum absolute atomic E-state index is 0.0788. The second-order valence-electron chi connectivity index (χ2n) is 4.76. The van der Waals surface area contributed by atoms with Gasteiger partial charge in [-0.05, 0) is 12.8 Å². The molecule has 1 aromatic rings. The smallest absolute Gasteiger partial charge is 0.268 e. The summed E-state index contributed by atoms with van der Waals surface area (Å²) in [6.07, 6.45) is 8.16. The first-order valence-corrected chi connectivity index (χ1v) is 6.54. The number of amides is 1. The van der Waals surface area contributed by atoms with Crippen molar-refractivity contribution in [1.29, 1.82) is 5.26 Å². The van der Waals surface area contributed by atoms with Gasteiger partial charge >= 0.3 is 0 Å². The molecule has 1 heterocycles. The summed E-state index contributed by atoms with van der Waals surface area (Å²) < 4.78 is 0. The van der Waals surface area contributed by atoms with Gasteiger partial charge in [-0.1, -0.05) is 25.7 Å². The van der Waals surface area contributed by atoms with Gasteiger partial charge in [-0.2, -0.15) is 5.26 Å². The minimum Gasteiger partial charge on any atom is -0.365 e. The van der Waals surface area contributed by atoms with Crippen LogP contribution in [0.5, 0.6) is 0 Å². The lowest BCUT2D eigenvalue weighted by Crippen LogP contribution is -2.22. The van der Waals surface area contributed by atoms with Crippen molar-refractivity contribution in [2.24, 2.45) is 5.73 Å². The Hall–Kier alpha value is -2.16. The standard InChI is InChI=1S/C13H17N5O/c14-7-10-13(18-11(8-16-10)12(15)19)17-9-5-3-1-2-4-6-9/h8-9H,1-6H2,(H2,15,19)(H,17,18). The number of hydrogen-bond acceptors (Lipinski definition) is 5. The van der Waals surface area contributed by atoms with Crippen LogP contribution in [0.25, 0.3) is 0 Å². The van der Waals surface area contributed by atoms with E-state index in [4.69, 9.17) is 11.0 Å². The first kappa shape index (κ1) is 13.3. The van der Waals surface area contributed by atoms with E-state index in [-0.39, 0.29) is 17.4 Å². The zero-order valence-electron chi connectivity index (χ0n) is 10.7. The molecule has 3 N–H and O–H groups in total. The number of hydrogen-bond donors (Lipinski definition) is 2. The quantitative estimate of drug-likeness (QED) is 0.802. The maximum absolute atomic E-state index is 11.1. The number of nitrogens with one attached hydrogen (secondary N) is 1. The fraction of sp³-hybridized carbons (Fsp3) is 0.538. The Morgan fingerprint density at radius 2 is 2.05 bits per heavy atom. The van der Waals surface area contributed by atoms with E-state index in [1.807, 2.05) is 6.07 Å². The van der Waals surface area contributed by atoms with Crippen molar-refractivity contribution in [1.82, 2.24) is 9.97 Å². The molecule has 0 aliphatic heterocycles. The molecule has 100 valence electrons. The summed E-state index contributed by atoms with van der Waals surface area (Å²) in [5, 5.41) is 12.3. The highest BCUT2D eigenvalue weighted by molar-refractivity contribution is 5.90. The molecule has 1 aliphatic carbocycles. The molecule has 2 rings (SSSR count). The average Bonchev–Trinajstić information content (AvgIpc) is 2.67. The molecule has 1 aromatic heterocycles. The van der Waals surface area contributed by atoms with E-state index in [1.54, 1.807) is 0 Å². The van der Waals surface area contributed by atoms with Crippen molar-refractivity contribution in [2.45, 2.75) is 44.6 Å². The van der Waals surface area contributed by atoms with Crippen LogP contribution in [0.2, 0.25) is 0 Å². The van der Waals surface area contributed by atoms with Crippen molar-refractivity contribution in [3.05, 3.63) is 17.6 Å². The Labute approximate surface area is 112 Å². The maximum Gasteiger partial charge on any atom is 0.268 e. The number of carbonyl (C=O) groups excluding carboxylic acids is 1. The highest BCUT2D eigenvalue weighted by Gasteiger charge is 2.16. The molecule has 6 heteroatoms. The van der Waals surface area contributed by atoms with E-state index >= 15 is 0 Å². The van der Waals surface area contributed by atoms with Gasteiger partial charge in [0.15, 0.2) is 11.5 Å². The Morgan fingerprint density at radius 3 is 2.63 bits per heavy atom. The maximum atomic E-state index is 11.1. The molecule has 1 aliphatic rings. The van der Waals surface area contributed by atoms with Crippen LogP contribution in [0.4, 0.5) is 5.82 Å². The molecule has 1 fully saturated rings. The van der Waals surface area contributed by atoms with Crippen molar-refractivity contribution in [3.8, 4) is 6.07 Å². The molecule has 6 nitrogen and oxygen atoms in total. The predicted octanol–water partition coefficient (Wildman–Crippen LogP) is 1.58. The number of anilines is 1. The zero-order chi connectivity index (χ0) is 13.7. The normalized spacial score (nSPS) is 16.4. The molecule has 0 saturated heterocycles. The lowest BCUT2D eigenvalue weighted by Gasteiger charge is -2.17. The third kappa shape index (κ3) is 3.41. The van der Waals surface area contributed by atoms with Crippen molar-refractivity contribution < 1.29 is 4.79 Å². The molecule has 1 amide bonds. The van der Waals surface area contributed by atoms with E-state index in [2.05, 4.69) is 15.3 Å². The highest BCUT2D eigenvalue weighted by atomic mass is 16.1. The van der Waals surface area contributed by atoms with Crippen molar-refractivity contribution in [2.75, 3.05) is 5.32 Å². The molecule has 19 heavy (non-hydrogen) atoms. The molecule has 0 bridgehead atoms. The summed E-state index contributed by atoms with van der Waals surface area (Å²) in [6, 6.07) is 2.26. The van der Waals surface area contributed by atoms with Gasteiger partial charge in [-0.3, -0.25) is 4.79 Å². The number of nitrogens with two attached hydrogens (primary N) is 1. The predicted molar refractivity (Wildman–Crippen MR) is 70.4 cm³/mol. The Morgan fingerprint density at radius 1 is 1.37 bits per heavy atom. The number of nitrogens with zero attached hydrogens (tertiary/aromatic N) is 3. The molecular formula is C13H17N5O. The Kier molecular flexibility index (Phi) is 4.29. The van der Waals surface area contributed by atoms with E-state index in [0.717, 1.165) is 12.8 Å². The largest absolute Gasteiger partial charge is 0.365 e. The first-order chi connectivity index (χ1) is 9.20. The van der Waals surface area contributed by atoms with Gasteiger partial charge in [0.25, 0.3) is 5.91 Å². The second-order valence-corrected chi connectivity index (χ2v) is 4.76. The number of rotatable bonds is 3. The van der Waals surface area contributed by atoms with Gasteiger partial charge in [0.2, 0.25) is 0 Å². The number of carbonyl (C=O) groups is 1. The average molecular weight is 259 g/mol. The van der Waals surface area contributed by atoms with Crippen LogP contribution in [0.1, 0.15) is 54.7 Å². The molecule has 0 atom stereocenters. The zero-order valence-corrected chi connectivity index (χ0v) is 10.7. The van der Waals surface area contributed by atoms with E-state index in [0.29, 0.717) is 5.82 Å². The van der Waals surface area contributed by atoms with E-state index < -0.39 is 5.91 Å². The summed E-state index contributed by atoms with van der Waals surface area (Å²) in [7, 11) is 0. The summed E-state index contributed by atoms with van der Waals surface area (Å²) in [5.74, 6) is -0.272. The number of nitriles is 1. The van der Waals surface area contributed by atoms with Gasteiger partial charge in [-0.15, -0.1) is 0 Å². The SMILES string of the molecule is N#Cc1ncc(C(N)=O)nc1NC1CCCCCC1. The molecule has 1 saturated carbocycles. The third-order valence-electron chi connectivity index (χ3n) is 3.33. The van der Waals surface area contributed by atoms with Crippen LogP contribution < -0.4 is 11.1 Å². The summed E-state index contributed by atoms with van der Waals surface area (Å²) in [5.41, 5.74) is 5.46. The summed E-state index contributed by atoms with van der Waals surface area (Å²) in [6.45, 7) is 0. The lowest BCUT2D eigenvalue weighted by molar-refractivity contribution is 0.0995. The molecule has 0 spiro atoms. The van der Waals surface area contributed by atoms with Crippen LogP contribution in [-0.2, 0) is 0 Å². The van der Waals surface area contributed by atoms with Crippen LogP contribution in [-0.4, -0.2) is 21.9 Å². The monoisotopic (exact) mass is 259 g/mol. The van der Waals surface area contributed by atoms with Gasteiger partial charge in [0.05, 0.1) is 6.20 Å². The van der Waals surface area contributed by atoms with Gasteiger partial charge < -0.3 is 11.1 Å². The molecular weight excluding hydrogens is 242 g/mol. The van der Waals surface area contributed by atoms with Crippen LogP contribution in [0.15, 0.2) is 6.20 Å². The topological polar surface area (TPSA) is 105 Å². The summed E-state index contributed by atoms with van der Waals surface area (Å²) in [4.78, 5) is 19.1. The lowest BCUT2D eigenvalue weighted by atomic mass is 10.1. The van der Waals surface area contributed by atoms with Crippen LogP contribution in [0.3, 0.4) is 0 Å². The Bertz CT molecular complexity index is 500. The highest BCUT2D eigenvalue weighted by Crippen LogP contribution is 2.21. The van der Waals surface area contributed by atoms with Crippen LogP contribution in [0, 0.1) is 11.3 Å². The Balaban J connectivity index is 2.19. The van der Waals surface area contributed by atoms with E-state index in [1.165, 1.54) is 31.9 Å². The number of aromatic nitrogens is 2. The van der Waals surface area contributed by atoms with Crippen LogP contribution >= 0.6 is 0 Å². The van der Waals surface area contributed by atoms with Gasteiger partial charge in [-0.25, -0.2) is 9.97 Å². The first-order valence-electron chi connectivity index (χ1n) is 6.54. The van der Waals surface area contributed by atoms with Gasteiger partial charge in [0.1, 0.15) is 11.8 Å². The fourth-order valence-electron chi connectivity index (χ4n) is 2.31. The van der Waals surface area contributed by atoms with E-state index in [9.17, 15) is 4.79 Å². The summed E-state index contributed by atoms with van der Waals surface area (Å²) >= 11 is 0. The van der Waals surface area contributed by atoms with Gasteiger partial charge in [0, 0.05) is 6.04 Å². The number of primary amides is 1. The second kappa shape index (κ2) is 6.14. The molecule has 0 unspecified atom stereocenters. The fourth-order valence-corrected chi connectivity index (χ4v) is 2.31. The minimum atomic E-state index is -0.638. The third-order valence-corrected chi connectivity index (χ3v) is 3.33. The van der Waals surface area contributed by atoms with Crippen molar-refractivity contribution >= 4 is 11.7 Å².